The van der Waals surface area contributed by atoms with Crippen LogP contribution in [0.3, 0.4) is 0 Å². The van der Waals surface area contributed by atoms with Crippen molar-refractivity contribution in [3.05, 3.63) is 209 Å². The fourth-order valence-corrected chi connectivity index (χ4v) is 8.96. The van der Waals surface area contributed by atoms with E-state index in [-0.39, 0.29) is 16.8 Å². The van der Waals surface area contributed by atoms with Gasteiger partial charge in [0.2, 0.25) is 5.69 Å². The summed E-state index contributed by atoms with van der Waals surface area (Å²) in [6.45, 7) is 26.4. The molecule has 0 atom stereocenters. The van der Waals surface area contributed by atoms with E-state index >= 15 is 13.2 Å². The van der Waals surface area contributed by atoms with E-state index in [4.69, 9.17) is 19.7 Å². The SMILES string of the molecule is [C-]#[N+]c1ccccc1-c1ccc2c3ccccc3n(-c3ccc(-c4c(C)cccc4C(F)(F)F)c(-n4c5ccccc5c5ccc(-c6ccccc6[N+]#[C-])cc54)c3[N+]#[C-])c2c1. The fraction of sp³-hybridized carbons (Fsp3) is 0.0377. The molecule has 0 N–H and O–H groups in total. The molecule has 0 bridgehead atoms. The van der Waals surface area contributed by atoms with Gasteiger partial charge in [-0.1, -0.05) is 127 Å². The van der Waals surface area contributed by atoms with Crippen molar-refractivity contribution in [1.82, 2.24) is 9.13 Å². The molecule has 10 rings (SSSR count). The van der Waals surface area contributed by atoms with E-state index in [0.717, 1.165) is 60.9 Å². The summed E-state index contributed by atoms with van der Waals surface area (Å²) in [7, 11) is 0. The second-order valence-corrected chi connectivity index (χ2v) is 14.9. The van der Waals surface area contributed by atoms with E-state index < -0.39 is 11.7 Å². The number of hydrogen-bond donors (Lipinski definition) is 0. The Morgan fingerprint density at radius 3 is 1.52 bits per heavy atom. The van der Waals surface area contributed by atoms with Crippen LogP contribution in [0.25, 0.3) is 103 Å². The number of halogens is 3. The minimum absolute atomic E-state index is 0.0119. The zero-order valence-electron chi connectivity index (χ0n) is 32.5. The van der Waals surface area contributed by atoms with Crippen LogP contribution in [0.1, 0.15) is 11.1 Å². The Labute approximate surface area is 348 Å². The highest BCUT2D eigenvalue weighted by Crippen LogP contribution is 2.49. The predicted molar refractivity (Wildman–Crippen MR) is 240 cm³/mol. The van der Waals surface area contributed by atoms with Gasteiger partial charge in [-0.05, 0) is 82.3 Å². The van der Waals surface area contributed by atoms with Gasteiger partial charge in [-0.2, -0.15) is 13.2 Å². The second kappa shape index (κ2) is 14.2. The van der Waals surface area contributed by atoms with Gasteiger partial charge in [-0.15, -0.1) is 0 Å². The minimum atomic E-state index is -4.70. The molecule has 0 saturated carbocycles. The van der Waals surface area contributed by atoms with Gasteiger partial charge in [0.1, 0.15) is 0 Å². The smallest absolute Gasteiger partial charge is 0.319 e. The maximum atomic E-state index is 15.2. The summed E-state index contributed by atoms with van der Waals surface area (Å²) in [6.07, 6.45) is -4.70. The zero-order chi connectivity index (χ0) is 42.0. The van der Waals surface area contributed by atoms with E-state index in [1.54, 1.807) is 37.3 Å². The average Bonchev–Trinajstić information content (AvgIpc) is 3.80. The van der Waals surface area contributed by atoms with Gasteiger partial charge in [0.05, 0.1) is 58.7 Å². The normalized spacial score (nSPS) is 11.6. The van der Waals surface area contributed by atoms with E-state index in [0.29, 0.717) is 39.3 Å². The molecule has 8 aromatic carbocycles. The number of nitrogens with zero attached hydrogens (tertiary/aromatic N) is 5. The molecular formula is C53H30F3N5. The van der Waals surface area contributed by atoms with Gasteiger partial charge >= 0.3 is 6.18 Å². The molecule has 0 radical (unpaired) electrons. The number of alkyl halides is 3. The number of para-hydroxylation sites is 4. The number of fused-ring (bicyclic) bond motifs is 6. The molecule has 0 aliphatic carbocycles. The maximum absolute atomic E-state index is 15.2. The Balaban J connectivity index is 1.38. The highest BCUT2D eigenvalue weighted by molar-refractivity contribution is 6.14. The first kappa shape index (κ1) is 36.9. The third-order valence-electron chi connectivity index (χ3n) is 11.6. The lowest BCUT2D eigenvalue weighted by atomic mass is 9.92. The lowest BCUT2D eigenvalue weighted by molar-refractivity contribution is -0.137. The van der Waals surface area contributed by atoms with Crippen molar-refractivity contribution in [2.75, 3.05) is 0 Å². The van der Waals surface area contributed by atoms with Crippen LogP contribution >= 0.6 is 0 Å². The van der Waals surface area contributed by atoms with E-state index in [1.165, 1.54) is 6.07 Å². The molecule has 0 aliphatic heterocycles. The minimum Gasteiger partial charge on any atom is -0.319 e. The third kappa shape index (κ3) is 5.75. The van der Waals surface area contributed by atoms with Crippen LogP contribution in [0.4, 0.5) is 30.2 Å². The van der Waals surface area contributed by atoms with Gasteiger partial charge in [0.15, 0.2) is 11.4 Å². The predicted octanol–water partition coefficient (Wildman–Crippen LogP) is 15.9. The first-order valence-electron chi connectivity index (χ1n) is 19.4. The van der Waals surface area contributed by atoms with E-state index in [2.05, 4.69) is 14.5 Å². The van der Waals surface area contributed by atoms with Crippen LogP contribution in [-0.2, 0) is 6.18 Å². The zero-order valence-corrected chi connectivity index (χ0v) is 32.5. The van der Waals surface area contributed by atoms with Gasteiger partial charge in [-0.25, -0.2) is 14.5 Å². The molecule has 5 nitrogen and oxygen atoms in total. The molecule has 2 aromatic heterocycles. The van der Waals surface area contributed by atoms with Gasteiger partial charge in [0.25, 0.3) is 0 Å². The van der Waals surface area contributed by atoms with Crippen molar-refractivity contribution in [2.45, 2.75) is 13.1 Å². The Kier molecular flexibility index (Phi) is 8.58. The molecule has 0 spiro atoms. The molecule has 0 aliphatic rings. The average molecular weight is 794 g/mol. The highest BCUT2D eigenvalue weighted by Gasteiger charge is 2.36. The topological polar surface area (TPSA) is 22.9 Å². The van der Waals surface area contributed by atoms with Gasteiger partial charge in [0, 0.05) is 21.5 Å². The number of hydrogen-bond acceptors (Lipinski definition) is 0. The second-order valence-electron chi connectivity index (χ2n) is 14.9. The number of benzene rings is 8. The van der Waals surface area contributed by atoms with Crippen LogP contribution in [0.2, 0.25) is 0 Å². The van der Waals surface area contributed by atoms with Crippen LogP contribution in [0.15, 0.2) is 164 Å². The van der Waals surface area contributed by atoms with Crippen LogP contribution in [-0.4, -0.2) is 9.13 Å². The third-order valence-corrected chi connectivity index (χ3v) is 11.6. The van der Waals surface area contributed by atoms with Gasteiger partial charge in [-0.3, -0.25) is 0 Å². The number of aromatic nitrogens is 2. The molecule has 0 unspecified atom stereocenters. The summed E-state index contributed by atoms with van der Waals surface area (Å²) in [5.74, 6) is 0. The number of aryl methyl sites for hydroxylation is 1. The Morgan fingerprint density at radius 1 is 0.459 bits per heavy atom. The first-order valence-corrected chi connectivity index (χ1v) is 19.4. The summed E-state index contributed by atoms with van der Waals surface area (Å²) < 4.78 is 49.4. The highest BCUT2D eigenvalue weighted by atomic mass is 19.4. The first-order chi connectivity index (χ1) is 29.7. The largest absolute Gasteiger partial charge is 0.417 e. The number of rotatable bonds is 5. The maximum Gasteiger partial charge on any atom is 0.417 e. The Morgan fingerprint density at radius 2 is 0.967 bits per heavy atom. The molecule has 0 amide bonds. The molecule has 288 valence electrons. The molecule has 0 saturated heterocycles. The van der Waals surface area contributed by atoms with Crippen molar-refractivity contribution in [2.24, 2.45) is 0 Å². The summed E-state index contributed by atoms with van der Waals surface area (Å²) >= 11 is 0. The van der Waals surface area contributed by atoms with Crippen LogP contribution in [0.5, 0.6) is 0 Å². The van der Waals surface area contributed by atoms with Crippen LogP contribution < -0.4 is 0 Å². The molecule has 61 heavy (non-hydrogen) atoms. The Bertz CT molecular complexity index is 3590. The standard InChI is InChI=1S/C53H30F3N5/c1-32-14-13-19-42(53(54,55)56)50(32)41-28-29-47(60-45-22-11-7-17-37(45)39-26-24-33(30-48(39)60)35-15-5-9-20-43(35)57-2)51(59-4)52(41)61-46-23-12-8-18-38(46)40-27-25-34(31-49(40)61)36-16-6-10-21-44(36)58-3/h5-31H,1H3. The van der Waals surface area contributed by atoms with Crippen molar-refractivity contribution < 1.29 is 13.2 Å². The molecular weight excluding hydrogens is 764 g/mol. The molecule has 0 fully saturated rings. The molecule has 10 aromatic rings. The van der Waals surface area contributed by atoms with Crippen molar-refractivity contribution >= 4 is 60.7 Å². The summed E-state index contributed by atoms with van der Waals surface area (Å²) in [5.41, 5.74) is 7.76. The van der Waals surface area contributed by atoms with Gasteiger partial charge < -0.3 is 9.13 Å². The van der Waals surface area contributed by atoms with E-state index in [9.17, 15) is 0 Å². The van der Waals surface area contributed by atoms with Crippen LogP contribution in [0, 0.1) is 26.6 Å². The lowest BCUT2D eigenvalue weighted by Crippen LogP contribution is -2.10. The summed E-state index contributed by atoms with van der Waals surface area (Å²) in [4.78, 5) is 11.8. The molecule has 2 heterocycles. The van der Waals surface area contributed by atoms with Crippen molar-refractivity contribution in [3.8, 4) is 44.8 Å². The Hall–Kier alpha value is -8.38. The lowest BCUT2D eigenvalue weighted by Gasteiger charge is -2.23. The van der Waals surface area contributed by atoms with E-state index in [1.807, 2.05) is 130 Å². The monoisotopic (exact) mass is 793 g/mol. The molecule has 8 heteroatoms. The summed E-state index contributed by atoms with van der Waals surface area (Å²) in [6, 6.07) is 49.9. The quantitative estimate of drug-likeness (QED) is 0.155. The fourth-order valence-electron chi connectivity index (χ4n) is 8.96. The summed E-state index contributed by atoms with van der Waals surface area (Å²) in [5, 5.41) is 3.55. The van der Waals surface area contributed by atoms with Crippen molar-refractivity contribution in [1.29, 1.82) is 0 Å². The van der Waals surface area contributed by atoms with Crippen molar-refractivity contribution in [3.63, 3.8) is 0 Å².